The van der Waals surface area contributed by atoms with Crippen LogP contribution in [0.4, 0.5) is 0 Å². The van der Waals surface area contributed by atoms with E-state index in [1.54, 1.807) is 0 Å². The Labute approximate surface area is 297 Å². The lowest BCUT2D eigenvalue weighted by molar-refractivity contribution is -0.305. The molecule has 0 amide bonds. The Morgan fingerprint density at radius 2 is 1.08 bits per heavy atom. The van der Waals surface area contributed by atoms with Gasteiger partial charge in [0.15, 0.2) is 12.4 Å². The van der Waals surface area contributed by atoms with Crippen LogP contribution in [-0.4, -0.2) is 89.0 Å². The fraction of sp³-hybridized carbons (Fsp3) is 0.897. The molecule has 0 radical (unpaired) electrons. The highest BCUT2D eigenvalue weighted by molar-refractivity contribution is 5.70. The number of esters is 2. The molecule has 49 heavy (non-hydrogen) atoms. The summed E-state index contributed by atoms with van der Waals surface area (Å²) in [7, 11) is 0. The first-order valence-electron chi connectivity index (χ1n) is 19.8. The minimum absolute atomic E-state index is 0.217. The van der Waals surface area contributed by atoms with Gasteiger partial charge in [-0.15, -0.1) is 0 Å². The molecule has 6 atom stereocenters. The van der Waals surface area contributed by atoms with E-state index in [4.69, 9.17) is 18.9 Å². The second-order valence-electron chi connectivity index (χ2n) is 13.7. The summed E-state index contributed by atoms with van der Waals surface area (Å²) in [6.07, 6.45) is 22.3. The molecule has 10 nitrogen and oxygen atoms in total. The van der Waals surface area contributed by atoms with Crippen LogP contribution in [0.25, 0.3) is 0 Å². The van der Waals surface area contributed by atoms with Gasteiger partial charge in [-0.1, -0.05) is 129 Å². The van der Waals surface area contributed by atoms with Gasteiger partial charge in [-0.2, -0.15) is 0 Å². The first kappa shape index (κ1) is 45.5. The Balaban J connectivity index is 2.37. The lowest BCUT2D eigenvalue weighted by Gasteiger charge is -2.39. The third-order valence-corrected chi connectivity index (χ3v) is 9.15. The van der Waals surface area contributed by atoms with E-state index in [1.807, 2.05) is 0 Å². The molecular formula is C39H72O10. The van der Waals surface area contributed by atoms with Crippen LogP contribution in [0.2, 0.25) is 0 Å². The van der Waals surface area contributed by atoms with E-state index in [1.165, 1.54) is 83.5 Å². The third kappa shape index (κ3) is 23.5. The Kier molecular flexibility index (Phi) is 28.9. The number of unbranched alkanes of at least 4 members (excludes halogenated alkanes) is 19. The van der Waals surface area contributed by atoms with Gasteiger partial charge >= 0.3 is 11.9 Å². The quantitative estimate of drug-likeness (QED) is 0.0322. The second-order valence-corrected chi connectivity index (χ2v) is 13.7. The van der Waals surface area contributed by atoms with Crippen molar-refractivity contribution < 1.29 is 49.0 Å². The van der Waals surface area contributed by atoms with Crippen LogP contribution in [-0.2, 0) is 28.5 Å². The number of carbonyl (C=O) groups excluding carboxylic acids is 2. The number of hydrogen-bond donors (Lipinski definition) is 4. The van der Waals surface area contributed by atoms with E-state index in [9.17, 15) is 30.0 Å². The molecule has 0 bridgehead atoms. The van der Waals surface area contributed by atoms with Crippen LogP contribution in [0, 0.1) is 0 Å². The summed E-state index contributed by atoms with van der Waals surface area (Å²) < 4.78 is 22.0. The molecule has 0 aliphatic carbocycles. The molecule has 1 aliphatic rings. The minimum Gasteiger partial charge on any atom is -0.462 e. The van der Waals surface area contributed by atoms with Crippen LogP contribution >= 0.6 is 0 Å². The number of allylic oxidation sites excluding steroid dienone is 2. The van der Waals surface area contributed by atoms with Gasteiger partial charge in [-0.3, -0.25) is 9.59 Å². The lowest BCUT2D eigenvalue weighted by atomic mass is 9.99. The molecular weight excluding hydrogens is 628 g/mol. The maximum absolute atomic E-state index is 12.7. The van der Waals surface area contributed by atoms with Crippen LogP contribution in [0.15, 0.2) is 12.2 Å². The van der Waals surface area contributed by atoms with E-state index in [0.717, 1.165) is 51.4 Å². The van der Waals surface area contributed by atoms with E-state index < -0.39 is 49.4 Å². The number of aliphatic hydroxyl groups is 4. The molecule has 1 rings (SSSR count). The first-order valence-corrected chi connectivity index (χ1v) is 19.8. The smallest absolute Gasteiger partial charge is 0.306 e. The number of aliphatic hydroxyl groups excluding tert-OH is 4. The maximum atomic E-state index is 12.7. The standard InChI is InChI=1S/C39H72O10/c1-3-5-7-9-11-13-14-15-16-17-18-19-20-22-24-26-28-35(42)48-32(30-46-34(41)27-25-23-21-12-10-8-6-4-2)31-47-39-38(45)37(44)36(43)33(29-40)49-39/h16-17,32-33,36-40,43-45H,3-15,18-31H2,1-2H3/b17-16-. The number of hydrogen-bond acceptors (Lipinski definition) is 10. The highest BCUT2D eigenvalue weighted by atomic mass is 16.7. The van der Waals surface area contributed by atoms with Crippen molar-refractivity contribution in [3.63, 3.8) is 0 Å². The van der Waals surface area contributed by atoms with Crippen molar-refractivity contribution in [3.8, 4) is 0 Å². The summed E-state index contributed by atoms with van der Waals surface area (Å²) in [5.41, 5.74) is 0. The number of rotatable bonds is 32. The van der Waals surface area contributed by atoms with Crippen molar-refractivity contribution in [2.45, 2.75) is 205 Å². The molecule has 0 spiro atoms. The van der Waals surface area contributed by atoms with Crippen molar-refractivity contribution in [2.24, 2.45) is 0 Å². The lowest BCUT2D eigenvalue weighted by Crippen LogP contribution is -2.59. The monoisotopic (exact) mass is 701 g/mol. The fourth-order valence-electron chi connectivity index (χ4n) is 5.95. The molecule has 1 fully saturated rings. The van der Waals surface area contributed by atoms with Gasteiger partial charge in [0.05, 0.1) is 13.2 Å². The van der Waals surface area contributed by atoms with Gasteiger partial charge in [-0.25, -0.2) is 0 Å². The van der Waals surface area contributed by atoms with Gasteiger partial charge in [0.1, 0.15) is 31.0 Å². The van der Waals surface area contributed by atoms with Crippen molar-refractivity contribution in [3.05, 3.63) is 12.2 Å². The van der Waals surface area contributed by atoms with E-state index >= 15 is 0 Å². The minimum atomic E-state index is -1.59. The van der Waals surface area contributed by atoms with Gasteiger partial charge in [0.2, 0.25) is 0 Å². The Bertz CT molecular complexity index is 820. The highest BCUT2D eigenvalue weighted by Gasteiger charge is 2.44. The summed E-state index contributed by atoms with van der Waals surface area (Å²) >= 11 is 0. The maximum Gasteiger partial charge on any atom is 0.306 e. The molecule has 0 aromatic heterocycles. The average molecular weight is 701 g/mol. The Morgan fingerprint density at radius 1 is 0.612 bits per heavy atom. The molecule has 0 aromatic carbocycles. The molecule has 1 heterocycles. The molecule has 0 saturated carbocycles. The summed E-state index contributed by atoms with van der Waals surface area (Å²) in [4.78, 5) is 25.1. The third-order valence-electron chi connectivity index (χ3n) is 9.15. The van der Waals surface area contributed by atoms with Crippen LogP contribution in [0.5, 0.6) is 0 Å². The summed E-state index contributed by atoms with van der Waals surface area (Å²) in [5.74, 6) is -0.817. The van der Waals surface area contributed by atoms with Gasteiger partial charge in [-0.05, 0) is 38.5 Å². The zero-order valence-corrected chi connectivity index (χ0v) is 30.9. The predicted molar refractivity (Wildman–Crippen MR) is 192 cm³/mol. The highest BCUT2D eigenvalue weighted by Crippen LogP contribution is 2.22. The van der Waals surface area contributed by atoms with Gasteiger partial charge in [0.25, 0.3) is 0 Å². The molecule has 1 aliphatic heterocycles. The first-order chi connectivity index (χ1) is 23.8. The average Bonchev–Trinajstić information content (AvgIpc) is 3.10. The number of carbonyl (C=O) groups is 2. The topological polar surface area (TPSA) is 152 Å². The van der Waals surface area contributed by atoms with Crippen molar-refractivity contribution in [2.75, 3.05) is 19.8 Å². The largest absolute Gasteiger partial charge is 0.462 e. The normalized spacial score (nSPS) is 21.6. The van der Waals surface area contributed by atoms with Crippen molar-refractivity contribution in [1.29, 1.82) is 0 Å². The van der Waals surface area contributed by atoms with Crippen LogP contribution < -0.4 is 0 Å². The second kappa shape index (κ2) is 31.2. The molecule has 0 aromatic rings. The zero-order chi connectivity index (χ0) is 36.0. The molecule has 1 saturated heterocycles. The van der Waals surface area contributed by atoms with Gasteiger partial charge < -0.3 is 39.4 Å². The Morgan fingerprint density at radius 3 is 1.59 bits per heavy atom. The molecule has 4 N–H and O–H groups in total. The predicted octanol–water partition coefficient (Wildman–Crippen LogP) is 7.22. The Hall–Kier alpha value is -1.56. The molecule has 10 heteroatoms. The number of ether oxygens (including phenoxy) is 4. The summed E-state index contributed by atoms with van der Waals surface area (Å²) in [6, 6.07) is 0. The summed E-state index contributed by atoms with van der Waals surface area (Å²) in [6.45, 7) is 3.37. The zero-order valence-electron chi connectivity index (χ0n) is 30.9. The van der Waals surface area contributed by atoms with Crippen molar-refractivity contribution in [1.82, 2.24) is 0 Å². The SMILES string of the molecule is CCCCCCCCC/C=C\CCCCCCCC(=O)OC(COC(=O)CCCCCCCCCC)COC1OC(CO)C(O)C(O)C1O. The molecule has 288 valence electrons. The van der Waals surface area contributed by atoms with Crippen LogP contribution in [0.3, 0.4) is 0 Å². The van der Waals surface area contributed by atoms with E-state index in [2.05, 4.69) is 26.0 Å². The fourth-order valence-corrected chi connectivity index (χ4v) is 5.95. The van der Waals surface area contributed by atoms with Gasteiger partial charge in [0, 0.05) is 12.8 Å². The van der Waals surface area contributed by atoms with E-state index in [0.29, 0.717) is 6.42 Å². The van der Waals surface area contributed by atoms with Crippen molar-refractivity contribution >= 4 is 11.9 Å². The van der Waals surface area contributed by atoms with E-state index in [-0.39, 0.29) is 32.0 Å². The molecule has 6 unspecified atom stereocenters. The summed E-state index contributed by atoms with van der Waals surface area (Å²) in [5, 5.41) is 39.9. The van der Waals surface area contributed by atoms with Crippen LogP contribution in [0.1, 0.15) is 168 Å².